The number of carbonyl (C=O) groups excluding carboxylic acids is 1. The molecule has 3 N–H and O–H groups in total. The average Bonchev–Trinajstić information content (AvgIpc) is 2.29. The molecule has 80 valence electrons. The quantitative estimate of drug-likeness (QED) is 0.717. The van der Waals surface area contributed by atoms with Crippen LogP contribution in [-0.4, -0.2) is 17.4 Å². The van der Waals surface area contributed by atoms with Crippen molar-refractivity contribution in [2.24, 2.45) is 5.73 Å². The van der Waals surface area contributed by atoms with Crippen molar-refractivity contribution in [1.29, 1.82) is 0 Å². The van der Waals surface area contributed by atoms with Crippen LogP contribution in [0.4, 0.5) is 0 Å². The third-order valence-corrected chi connectivity index (χ3v) is 2.99. The molecule has 0 heterocycles. The second-order valence-corrected chi connectivity index (χ2v) is 3.93. The minimum absolute atomic E-state index is 0.0493. The number of benzene rings is 1. The summed E-state index contributed by atoms with van der Waals surface area (Å²) in [6, 6.07) is 3.63. The van der Waals surface area contributed by atoms with Crippen molar-refractivity contribution in [2.45, 2.75) is 25.7 Å². The van der Waals surface area contributed by atoms with Crippen LogP contribution in [0.15, 0.2) is 12.1 Å². The van der Waals surface area contributed by atoms with Crippen LogP contribution in [0.25, 0.3) is 0 Å². The van der Waals surface area contributed by atoms with Gasteiger partial charge in [0.05, 0.1) is 12.1 Å². The maximum Gasteiger partial charge on any atom is 0.180 e. The van der Waals surface area contributed by atoms with Gasteiger partial charge in [-0.3, -0.25) is 4.79 Å². The van der Waals surface area contributed by atoms with Gasteiger partial charge in [0, 0.05) is 0 Å². The minimum atomic E-state index is -0.194. The van der Waals surface area contributed by atoms with Crippen LogP contribution in [0.3, 0.4) is 0 Å². The van der Waals surface area contributed by atoms with Gasteiger partial charge in [-0.15, -0.1) is 0 Å². The van der Waals surface area contributed by atoms with Gasteiger partial charge in [-0.25, -0.2) is 0 Å². The van der Waals surface area contributed by atoms with E-state index in [4.69, 9.17) is 5.73 Å². The Balaban J connectivity index is 2.47. The molecule has 3 nitrogen and oxygen atoms in total. The molecule has 0 unspecified atom stereocenters. The highest BCUT2D eigenvalue weighted by Gasteiger charge is 2.18. The molecule has 3 heteroatoms. The van der Waals surface area contributed by atoms with Gasteiger partial charge in [0.1, 0.15) is 5.75 Å². The number of aryl methyl sites for hydroxylation is 1. The molecule has 1 aromatic rings. The Labute approximate surface area is 88.9 Å². The number of phenolic OH excluding ortho intramolecular Hbond substituents is 1. The first-order chi connectivity index (χ1) is 7.24. The van der Waals surface area contributed by atoms with E-state index in [1.807, 2.05) is 6.07 Å². The average molecular weight is 205 g/mol. The zero-order valence-electron chi connectivity index (χ0n) is 8.62. The van der Waals surface area contributed by atoms with E-state index >= 15 is 0 Å². The zero-order chi connectivity index (χ0) is 10.8. The third-order valence-electron chi connectivity index (χ3n) is 2.99. The molecule has 1 aliphatic carbocycles. The summed E-state index contributed by atoms with van der Waals surface area (Å²) in [4.78, 5) is 11.4. The molecule has 0 fully saturated rings. The summed E-state index contributed by atoms with van der Waals surface area (Å²) >= 11 is 0. The maximum absolute atomic E-state index is 11.4. The molecule has 0 aliphatic heterocycles. The van der Waals surface area contributed by atoms with Crippen LogP contribution in [-0.2, 0) is 12.8 Å². The first-order valence-electron chi connectivity index (χ1n) is 5.31. The summed E-state index contributed by atoms with van der Waals surface area (Å²) in [5.41, 5.74) is 7.78. The van der Waals surface area contributed by atoms with Crippen LogP contribution < -0.4 is 5.73 Å². The van der Waals surface area contributed by atoms with Gasteiger partial charge < -0.3 is 10.8 Å². The molecule has 0 spiro atoms. The molecule has 0 aromatic heterocycles. The van der Waals surface area contributed by atoms with E-state index < -0.39 is 0 Å². The monoisotopic (exact) mass is 205 g/mol. The molecule has 1 aromatic carbocycles. The number of hydrogen-bond donors (Lipinski definition) is 2. The van der Waals surface area contributed by atoms with E-state index in [-0.39, 0.29) is 18.1 Å². The molecule has 0 atom stereocenters. The summed E-state index contributed by atoms with van der Waals surface area (Å²) < 4.78 is 0. The lowest BCUT2D eigenvalue weighted by Gasteiger charge is -2.18. The lowest BCUT2D eigenvalue weighted by atomic mass is 9.88. The molecule has 0 bridgehead atoms. The lowest BCUT2D eigenvalue weighted by molar-refractivity contribution is 0.0998. The Morgan fingerprint density at radius 1 is 1.33 bits per heavy atom. The highest BCUT2D eigenvalue weighted by molar-refractivity contribution is 6.00. The van der Waals surface area contributed by atoms with Crippen molar-refractivity contribution in [3.05, 3.63) is 28.8 Å². The van der Waals surface area contributed by atoms with Gasteiger partial charge in [-0.2, -0.15) is 0 Å². The SMILES string of the molecule is NCC(=O)c1ccc2c(c1O)CCCC2. The third kappa shape index (κ3) is 1.75. The number of hydrogen-bond acceptors (Lipinski definition) is 3. The number of carbonyl (C=O) groups is 1. The molecule has 1 aliphatic rings. The first-order valence-corrected chi connectivity index (χ1v) is 5.31. The summed E-state index contributed by atoms with van der Waals surface area (Å²) in [6.45, 7) is -0.0493. The topological polar surface area (TPSA) is 63.3 Å². The van der Waals surface area contributed by atoms with Crippen LogP contribution in [0, 0.1) is 0 Å². The number of ketones is 1. The summed E-state index contributed by atoms with van der Waals surface area (Å²) in [6.07, 6.45) is 4.12. The van der Waals surface area contributed by atoms with Crippen molar-refractivity contribution in [1.82, 2.24) is 0 Å². The van der Waals surface area contributed by atoms with E-state index in [1.165, 1.54) is 5.56 Å². The number of Topliss-reactive ketones (excluding diaryl/α,β-unsaturated/α-hetero) is 1. The Morgan fingerprint density at radius 2 is 2.07 bits per heavy atom. The molecule has 0 radical (unpaired) electrons. The van der Waals surface area contributed by atoms with Crippen molar-refractivity contribution in [3.8, 4) is 5.75 Å². The second-order valence-electron chi connectivity index (χ2n) is 3.93. The lowest BCUT2D eigenvalue weighted by Crippen LogP contribution is -2.15. The molecule has 0 amide bonds. The molecular weight excluding hydrogens is 190 g/mol. The van der Waals surface area contributed by atoms with Crippen LogP contribution in [0.2, 0.25) is 0 Å². The predicted octanol–water partition coefficient (Wildman–Crippen LogP) is 1.41. The Kier molecular flexibility index (Phi) is 2.73. The highest BCUT2D eigenvalue weighted by Crippen LogP contribution is 2.31. The molecule has 2 rings (SSSR count). The smallest absolute Gasteiger partial charge is 0.180 e. The zero-order valence-corrected chi connectivity index (χ0v) is 8.62. The van der Waals surface area contributed by atoms with E-state index in [0.29, 0.717) is 5.56 Å². The van der Waals surface area contributed by atoms with Gasteiger partial charge in [0.15, 0.2) is 5.78 Å². The summed E-state index contributed by atoms with van der Waals surface area (Å²) in [5.74, 6) is -0.0384. The highest BCUT2D eigenvalue weighted by atomic mass is 16.3. The normalized spacial score (nSPS) is 14.7. The van der Waals surface area contributed by atoms with E-state index in [1.54, 1.807) is 6.07 Å². The van der Waals surface area contributed by atoms with Gasteiger partial charge in [-0.1, -0.05) is 6.07 Å². The second kappa shape index (κ2) is 4.03. The van der Waals surface area contributed by atoms with Crippen molar-refractivity contribution in [2.75, 3.05) is 6.54 Å². The molecular formula is C12H15NO2. The number of nitrogens with two attached hydrogens (primary N) is 1. The van der Waals surface area contributed by atoms with Gasteiger partial charge in [0.25, 0.3) is 0 Å². The summed E-state index contributed by atoms with van der Waals surface area (Å²) in [5, 5.41) is 9.96. The Bertz CT molecular complexity index is 399. The predicted molar refractivity (Wildman–Crippen MR) is 58.1 cm³/mol. The minimum Gasteiger partial charge on any atom is -0.507 e. The van der Waals surface area contributed by atoms with Crippen LogP contribution in [0.5, 0.6) is 5.75 Å². The number of phenols is 1. The first kappa shape index (κ1) is 10.2. The van der Waals surface area contributed by atoms with Crippen molar-refractivity contribution in [3.63, 3.8) is 0 Å². The van der Waals surface area contributed by atoms with Crippen molar-refractivity contribution < 1.29 is 9.90 Å². The fourth-order valence-electron chi connectivity index (χ4n) is 2.14. The molecule has 15 heavy (non-hydrogen) atoms. The molecule has 0 saturated heterocycles. The fraction of sp³-hybridized carbons (Fsp3) is 0.417. The standard InChI is InChI=1S/C12H15NO2/c13-7-11(14)10-6-5-8-3-1-2-4-9(8)12(10)15/h5-6,15H,1-4,7,13H2. The number of rotatable bonds is 2. The van der Waals surface area contributed by atoms with E-state index in [2.05, 4.69) is 0 Å². The van der Waals surface area contributed by atoms with Gasteiger partial charge in [-0.05, 0) is 42.9 Å². The van der Waals surface area contributed by atoms with E-state index in [0.717, 1.165) is 31.2 Å². The molecule has 0 saturated carbocycles. The van der Waals surface area contributed by atoms with E-state index in [9.17, 15) is 9.90 Å². The largest absolute Gasteiger partial charge is 0.507 e. The maximum atomic E-state index is 11.4. The number of fused-ring (bicyclic) bond motifs is 1. The fourth-order valence-corrected chi connectivity index (χ4v) is 2.14. The van der Waals surface area contributed by atoms with Gasteiger partial charge in [0.2, 0.25) is 0 Å². The van der Waals surface area contributed by atoms with Crippen LogP contribution in [0.1, 0.15) is 34.3 Å². The number of aromatic hydroxyl groups is 1. The van der Waals surface area contributed by atoms with Gasteiger partial charge >= 0.3 is 0 Å². The Morgan fingerprint density at radius 3 is 2.80 bits per heavy atom. The van der Waals surface area contributed by atoms with Crippen LogP contribution >= 0.6 is 0 Å². The Hall–Kier alpha value is -1.35. The summed E-state index contributed by atoms with van der Waals surface area (Å²) in [7, 11) is 0. The van der Waals surface area contributed by atoms with Crippen molar-refractivity contribution >= 4 is 5.78 Å².